The van der Waals surface area contributed by atoms with Gasteiger partial charge < -0.3 is 20.5 Å². The van der Waals surface area contributed by atoms with Gasteiger partial charge in [0.25, 0.3) is 0 Å². The van der Waals surface area contributed by atoms with Gasteiger partial charge in [-0.2, -0.15) is 0 Å². The van der Waals surface area contributed by atoms with E-state index in [1.54, 1.807) is 24.3 Å². The van der Waals surface area contributed by atoms with E-state index in [1.807, 2.05) is 17.5 Å². The number of carboxylic acid groups (broad SMARTS) is 1. The van der Waals surface area contributed by atoms with Crippen molar-refractivity contribution in [3.63, 3.8) is 0 Å². The lowest BCUT2D eigenvalue weighted by Crippen LogP contribution is -2.45. The Bertz CT molecular complexity index is 1060. The van der Waals surface area contributed by atoms with Crippen LogP contribution in [0.3, 0.4) is 0 Å². The Morgan fingerprint density at radius 2 is 2.00 bits per heavy atom. The van der Waals surface area contributed by atoms with E-state index < -0.39 is 22.2 Å². The lowest BCUT2D eigenvalue weighted by molar-refractivity contribution is 0.0925. The lowest BCUT2D eigenvalue weighted by atomic mass is 9.99. The topological polar surface area (TPSA) is 137 Å². The van der Waals surface area contributed by atoms with E-state index in [9.17, 15) is 23.1 Å². The van der Waals surface area contributed by atoms with E-state index in [0.717, 1.165) is 29.5 Å². The predicted octanol–water partition coefficient (Wildman–Crippen LogP) is 4.24. The number of sulfonamides is 1. The highest BCUT2D eigenvalue weighted by Gasteiger charge is 2.29. The van der Waals surface area contributed by atoms with Gasteiger partial charge in [0, 0.05) is 36.8 Å². The van der Waals surface area contributed by atoms with E-state index in [1.165, 1.54) is 23.3 Å². The van der Waals surface area contributed by atoms with Crippen LogP contribution in [-0.4, -0.2) is 63.1 Å². The highest BCUT2D eigenvalue weighted by Crippen LogP contribution is 2.30. The fraction of sp³-hybridized carbons (Fsp3) is 0.500. The van der Waals surface area contributed by atoms with Crippen molar-refractivity contribution in [3.8, 4) is 0 Å². The number of ether oxygens (including phenoxy) is 1. The average molecular weight is 541 g/mol. The molecule has 0 bridgehead atoms. The molecule has 0 saturated heterocycles. The Morgan fingerprint density at radius 3 is 2.61 bits per heavy atom. The molecule has 2 atom stereocenters. The molecule has 0 saturated carbocycles. The van der Waals surface area contributed by atoms with Crippen LogP contribution in [0.2, 0.25) is 0 Å². The average Bonchev–Trinajstić information content (AvgIpc) is 3.34. The van der Waals surface area contributed by atoms with Crippen molar-refractivity contribution >= 4 is 39.2 Å². The number of carbonyl (C=O) groups is 2. The molecule has 4 N–H and O–H groups in total. The number of carbonyl (C=O) groups excluding carboxylic acids is 1. The number of rotatable bonds is 15. The first kappa shape index (κ1) is 29.4. The molecule has 1 aromatic heterocycles. The molecular formula is C24H36N4O6S2. The zero-order chi connectivity index (χ0) is 26.6. The van der Waals surface area contributed by atoms with Crippen LogP contribution in [0.4, 0.5) is 15.3 Å². The van der Waals surface area contributed by atoms with Crippen molar-refractivity contribution in [1.82, 2.24) is 15.5 Å². The molecule has 10 nitrogen and oxygen atoms in total. The third-order valence-corrected chi connectivity index (χ3v) is 7.04. The second-order valence-electron chi connectivity index (χ2n) is 8.48. The standard InChI is InChI=1S/C24H36N4O6S2/c1-4-5-9-19(16-21(22-11-7-14-35-22)28(24(30)31)12-13-34-2)26-23(29)25-17-18-8-6-10-20(15-18)27-36(3,32)33/h6-8,10-11,14-15,19,21,27H,4-5,9,12-13,16-17H2,1-3H3,(H,30,31)(H2,25,26,29). The van der Waals surface area contributed by atoms with Crippen molar-refractivity contribution in [1.29, 1.82) is 0 Å². The zero-order valence-corrected chi connectivity index (χ0v) is 22.5. The first-order valence-corrected chi connectivity index (χ1v) is 14.5. The summed E-state index contributed by atoms with van der Waals surface area (Å²) in [5, 5.41) is 17.6. The van der Waals surface area contributed by atoms with Crippen molar-refractivity contribution in [2.75, 3.05) is 31.2 Å². The van der Waals surface area contributed by atoms with Crippen molar-refractivity contribution < 1.29 is 27.9 Å². The van der Waals surface area contributed by atoms with Crippen LogP contribution >= 0.6 is 11.3 Å². The smallest absolute Gasteiger partial charge is 0.407 e. The predicted molar refractivity (Wildman–Crippen MR) is 142 cm³/mol. The third kappa shape index (κ3) is 10.4. The number of nitrogens with zero attached hydrogens (tertiary/aromatic N) is 1. The summed E-state index contributed by atoms with van der Waals surface area (Å²) in [4.78, 5) is 27.1. The van der Waals surface area contributed by atoms with Crippen LogP contribution in [0.15, 0.2) is 41.8 Å². The quantitative estimate of drug-likeness (QED) is 0.267. The van der Waals surface area contributed by atoms with Crippen LogP contribution in [0.5, 0.6) is 0 Å². The molecule has 0 aliphatic heterocycles. The number of amides is 3. The molecular weight excluding hydrogens is 504 g/mol. The molecule has 36 heavy (non-hydrogen) atoms. The molecule has 0 aliphatic rings. The van der Waals surface area contributed by atoms with Gasteiger partial charge in [0.15, 0.2) is 0 Å². The number of nitrogens with one attached hydrogen (secondary N) is 3. The van der Waals surface area contributed by atoms with Gasteiger partial charge in [-0.05, 0) is 42.0 Å². The number of thiophene rings is 1. The van der Waals surface area contributed by atoms with E-state index in [4.69, 9.17) is 4.74 Å². The van der Waals surface area contributed by atoms with Crippen LogP contribution in [0.25, 0.3) is 0 Å². The van der Waals surface area contributed by atoms with E-state index in [0.29, 0.717) is 18.5 Å². The summed E-state index contributed by atoms with van der Waals surface area (Å²) in [5.41, 5.74) is 1.15. The molecule has 2 rings (SSSR count). The summed E-state index contributed by atoms with van der Waals surface area (Å²) >= 11 is 1.48. The highest BCUT2D eigenvalue weighted by atomic mass is 32.2. The molecule has 2 unspecified atom stereocenters. The Kier molecular flexibility index (Phi) is 12.0. The Balaban J connectivity index is 2.10. The Hall–Kier alpha value is -2.83. The fourth-order valence-corrected chi connectivity index (χ4v) is 5.21. The highest BCUT2D eigenvalue weighted by molar-refractivity contribution is 7.92. The molecule has 2 aromatic rings. The molecule has 3 amide bonds. The number of unbranched alkanes of at least 4 members (excludes halogenated alkanes) is 1. The number of urea groups is 1. The van der Waals surface area contributed by atoms with Gasteiger partial charge in [-0.3, -0.25) is 9.62 Å². The van der Waals surface area contributed by atoms with Gasteiger partial charge in [-0.15, -0.1) is 11.3 Å². The third-order valence-electron chi connectivity index (χ3n) is 5.46. The van der Waals surface area contributed by atoms with Gasteiger partial charge in [0.1, 0.15) is 0 Å². The molecule has 0 aliphatic carbocycles. The molecule has 0 radical (unpaired) electrons. The lowest BCUT2D eigenvalue weighted by Gasteiger charge is -2.32. The Labute approximate surface area is 217 Å². The summed E-state index contributed by atoms with van der Waals surface area (Å²) in [6, 6.07) is 9.54. The number of anilines is 1. The first-order chi connectivity index (χ1) is 17.1. The first-order valence-electron chi connectivity index (χ1n) is 11.8. The molecule has 1 heterocycles. The minimum Gasteiger partial charge on any atom is -0.465 e. The summed E-state index contributed by atoms with van der Waals surface area (Å²) < 4.78 is 30.5. The van der Waals surface area contributed by atoms with Gasteiger partial charge in [-0.1, -0.05) is 38.0 Å². The fourth-order valence-electron chi connectivity index (χ4n) is 3.80. The number of benzene rings is 1. The number of hydrogen-bond acceptors (Lipinski definition) is 6. The van der Waals surface area contributed by atoms with Gasteiger partial charge >= 0.3 is 12.1 Å². The molecule has 0 fully saturated rings. The summed E-state index contributed by atoms with van der Waals surface area (Å²) in [6.07, 6.45) is 3.00. The van der Waals surface area contributed by atoms with Crippen molar-refractivity contribution in [2.45, 2.75) is 51.2 Å². The Morgan fingerprint density at radius 1 is 1.22 bits per heavy atom. The summed E-state index contributed by atoms with van der Waals surface area (Å²) in [7, 11) is -1.87. The van der Waals surface area contributed by atoms with E-state index in [-0.39, 0.29) is 31.8 Å². The maximum atomic E-state index is 12.8. The van der Waals surface area contributed by atoms with Crippen molar-refractivity contribution in [3.05, 3.63) is 52.2 Å². The molecule has 0 spiro atoms. The zero-order valence-electron chi connectivity index (χ0n) is 20.9. The van der Waals surface area contributed by atoms with Crippen molar-refractivity contribution in [2.24, 2.45) is 0 Å². The van der Waals surface area contributed by atoms with Gasteiger partial charge in [0.05, 0.1) is 18.9 Å². The molecule has 1 aromatic carbocycles. The second kappa shape index (κ2) is 14.7. The normalized spacial score (nSPS) is 13.0. The monoisotopic (exact) mass is 540 g/mol. The summed E-state index contributed by atoms with van der Waals surface area (Å²) in [6.45, 7) is 2.76. The van der Waals surface area contributed by atoms with Crippen LogP contribution < -0.4 is 15.4 Å². The van der Waals surface area contributed by atoms with Crippen LogP contribution in [0, 0.1) is 0 Å². The SMILES string of the molecule is CCCCC(CC(c1cccs1)N(CCOC)C(=O)O)NC(=O)NCc1cccc(NS(C)(=O)=O)c1. The maximum absolute atomic E-state index is 12.8. The minimum atomic E-state index is -3.40. The number of hydrogen-bond donors (Lipinski definition) is 4. The van der Waals surface area contributed by atoms with E-state index in [2.05, 4.69) is 22.3 Å². The minimum absolute atomic E-state index is 0.203. The van der Waals surface area contributed by atoms with Crippen LogP contribution in [-0.2, 0) is 21.3 Å². The van der Waals surface area contributed by atoms with E-state index >= 15 is 0 Å². The van der Waals surface area contributed by atoms with Gasteiger partial charge in [0.2, 0.25) is 10.0 Å². The van der Waals surface area contributed by atoms with Gasteiger partial charge in [-0.25, -0.2) is 18.0 Å². The molecule has 12 heteroatoms. The molecule has 200 valence electrons. The summed E-state index contributed by atoms with van der Waals surface area (Å²) in [5.74, 6) is 0. The number of methoxy groups -OCH3 is 1. The van der Waals surface area contributed by atoms with Crippen LogP contribution in [0.1, 0.15) is 49.1 Å². The maximum Gasteiger partial charge on any atom is 0.407 e. The second-order valence-corrected chi connectivity index (χ2v) is 11.2. The largest absolute Gasteiger partial charge is 0.465 e.